The number of anilines is 2. The van der Waals surface area contributed by atoms with Crippen LogP contribution in [0, 0.1) is 0 Å². The lowest BCUT2D eigenvalue weighted by molar-refractivity contribution is -0.115. The van der Waals surface area contributed by atoms with Gasteiger partial charge in [-0.1, -0.05) is 31.2 Å². The Kier molecular flexibility index (Phi) is 6.69. The average Bonchev–Trinajstić information content (AvgIpc) is 3.54. The second kappa shape index (κ2) is 10.2. The molecule has 2 atom stereocenters. The fourth-order valence-electron chi connectivity index (χ4n) is 4.56. The third kappa shape index (κ3) is 4.43. The van der Waals surface area contributed by atoms with E-state index in [1.54, 1.807) is 13.3 Å². The van der Waals surface area contributed by atoms with Crippen LogP contribution in [-0.4, -0.2) is 27.7 Å². The molecule has 1 fully saturated rings. The van der Waals surface area contributed by atoms with E-state index in [1.165, 1.54) is 0 Å². The van der Waals surface area contributed by atoms with Crippen molar-refractivity contribution in [1.82, 2.24) is 14.9 Å². The normalized spacial score (nSPS) is 17.1. The summed E-state index contributed by atoms with van der Waals surface area (Å²) in [6, 6.07) is 25.6. The third-order valence-corrected chi connectivity index (χ3v) is 6.59. The largest absolute Gasteiger partial charge is 0.494 e. The van der Waals surface area contributed by atoms with Gasteiger partial charge in [-0.15, -0.1) is 0 Å². The van der Waals surface area contributed by atoms with Crippen LogP contribution in [0.4, 0.5) is 11.4 Å². The summed E-state index contributed by atoms with van der Waals surface area (Å²) in [4.78, 5) is 18.7. The van der Waals surface area contributed by atoms with Gasteiger partial charge < -0.3 is 24.8 Å². The fourth-order valence-corrected chi connectivity index (χ4v) is 4.91. The number of nitrogens with one attached hydrogen (secondary N) is 2. The Bertz CT molecular complexity index is 1370. The minimum Gasteiger partial charge on any atom is -0.494 e. The molecule has 5 rings (SSSR count). The van der Waals surface area contributed by atoms with Crippen molar-refractivity contribution in [3.63, 3.8) is 0 Å². The number of para-hydroxylation sites is 1. The molecule has 0 unspecified atom stereocenters. The first-order valence-electron chi connectivity index (χ1n) is 11.8. The van der Waals surface area contributed by atoms with E-state index >= 15 is 0 Å². The van der Waals surface area contributed by atoms with Gasteiger partial charge >= 0.3 is 0 Å². The summed E-state index contributed by atoms with van der Waals surface area (Å²) in [6.07, 6.45) is 4.24. The summed E-state index contributed by atoms with van der Waals surface area (Å²) in [7, 11) is 1.59. The molecule has 0 radical (unpaired) electrons. The van der Waals surface area contributed by atoms with E-state index in [4.69, 9.17) is 17.0 Å². The standard InChI is InChI=1S/C28H27N5O2S/c1-3-25(34)30-21-15-14-20(18-24(21)35-2)33-27(26(31-28(33)36)22-12-7-8-16-29-22)23-13-9-17-32(23)19-10-5-4-6-11-19/h4-18,26-27H,3H2,1-2H3,(H,30,34)(H,31,36)/t26-,27-/m0/s1. The van der Waals surface area contributed by atoms with Gasteiger partial charge in [0.15, 0.2) is 5.11 Å². The van der Waals surface area contributed by atoms with Crippen LogP contribution in [-0.2, 0) is 4.79 Å². The van der Waals surface area contributed by atoms with Gasteiger partial charge in [-0.25, -0.2) is 0 Å². The molecule has 8 heteroatoms. The number of aromatic nitrogens is 2. The quantitative estimate of drug-likeness (QED) is 0.333. The molecule has 1 aliphatic rings. The summed E-state index contributed by atoms with van der Waals surface area (Å²) in [5.74, 6) is 0.490. The molecule has 0 saturated carbocycles. The van der Waals surface area contributed by atoms with Crippen LogP contribution in [0.1, 0.15) is 36.8 Å². The first kappa shape index (κ1) is 23.6. The summed E-state index contributed by atoms with van der Waals surface area (Å²) in [6.45, 7) is 1.81. The average molecular weight is 498 g/mol. The van der Waals surface area contributed by atoms with Gasteiger partial charge in [-0.2, -0.15) is 0 Å². The monoisotopic (exact) mass is 497 g/mol. The van der Waals surface area contributed by atoms with Gasteiger partial charge in [0.25, 0.3) is 0 Å². The molecule has 2 aromatic carbocycles. The van der Waals surface area contributed by atoms with Crippen LogP contribution in [0.3, 0.4) is 0 Å². The number of hydrogen-bond acceptors (Lipinski definition) is 4. The van der Waals surface area contributed by atoms with E-state index in [9.17, 15) is 4.79 Å². The Hall–Kier alpha value is -4.17. The molecular weight excluding hydrogens is 470 g/mol. The van der Waals surface area contributed by atoms with Gasteiger partial charge in [0.05, 0.1) is 24.5 Å². The number of carbonyl (C=O) groups is 1. The van der Waals surface area contributed by atoms with Crippen molar-refractivity contribution < 1.29 is 9.53 Å². The van der Waals surface area contributed by atoms with E-state index in [1.807, 2.05) is 67.6 Å². The topological polar surface area (TPSA) is 71.4 Å². The van der Waals surface area contributed by atoms with Crippen LogP contribution < -0.4 is 20.3 Å². The van der Waals surface area contributed by atoms with E-state index in [-0.39, 0.29) is 18.0 Å². The minimum atomic E-state index is -0.191. The van der Waals surface area contributed by atoms with Crippen LogP contribution in [0.15, 0.2) is 91.3 Å². The number of thiocarbonyl (C=S) groups is 1. The fraction of sp³-hybridized carbons (Fsp3) is 0.179. The highest BCUT2D eigenvalue weighted by Gasteiger charge is 2.42. The van der Waals surface area contributed by atoms with Crippen molar-refractivity contribution in [2.24, 2.45) is 0 Å². The predicted octanol–water partition coefficient (Wildman–Crippen LogP) is 5.41. The molecule has 1 saturated heterocycles. The molecule has 36 heavy (non-hydrogen) atoms. The summed E-state index contributed by atoms with van der Waals surface area (Å²) in [5.41, 5.74) is 4.49. The maximum absolute atomic E-state index is 12.0. The number of rotatable bonds is 7. The molecule has 2 aromatic heterocycles. The molecule has 1 amide bonds. The lowest BCUT2D eigenvalue weighted by Crippen LogP contribution is -2.30. The molecule has 0 aliphatic carbocycles. The Morgan fingerprint density at radius 3 is 2.58 bits per heavy atom. The zero-order chi connectivity index (χ0) is 25.1. The number of hydrogen-bond donors (Lipinski definition) is 2. The Morgan fingerprint density at radius 2 is 1.86 bits per heavy atom. The number of benzene rings is 2. The summed E-state index contributed by atoms with van der Waals surface area (Å²) >= 11 is 5.88. The van der Waals surface area contributed by atoms with Crippen molar-refractivity contribution in [3.05, 3.63) is 103 Å². The smallest absolute Gasteiger partial charge is 0.224 e. The molecule has 3 heterocycles. The molecule has 7 nitrogen and oxygen atoms in total. The zero-order valence-electron chi connectivity index (χ0n) is 20.1. The van der Waals surface area contributed by atoms with Gasteiger partial charge in [-0.05, 0) is 60.7 Å². The van der Waals surface area contributed by atoms with Crippen molar-refractivity contribution in [1.29, 1.82) is 0 Å². The van der Waals surface area contributed by atoms with Gasteiger partial charge in [0, 0.05) is 41.9 Å². The number of carbonyl (C=O) groups excluding carboxylic acids is 1. The maximum atomic E-state index is 12.0. The van der Waals surface area contributed by atoms with Gasteiger partial charge in [0.2, 0.25) is 5.91 Å². The molecule has 0 bridgehead atoms. The first-order chi connectivity index (χ1) is 17.6. The molecule has 0 spiro atoms. The molecule has 182 valence electrons. The second-order valence-electron chi connectivity index (χ2n) is 8.42. The lowest BCUT2D eigenvalue weighted by atomic mass is 10.0. The minimum absolute atomic E-state index is 0.0757. The molecule has 4 aromatic rings. The Morgan fingerprint density at radius 1 is 1.06 bits per heavy atom. The van der Waals surface area contributed by atoms with Crippen LogP contribution >= 0.6 is 12.2 Å². The lowest BCUT2D eigenvalue weighted by Gasteiger charge is -2.29. The summed E-state index contributed by atoms with van der Waals surface area (Å²) < 4.78 is 7.81. The predicted molar refractivity (Wildman–Crippen MR) is 146 cm³/mol. The van der Waals surface area contributed by atoms with E-state index in [0.717, 1.165) is 22.8 Å². The molecule has 1 aliphatic heterocycles. The van der Waals surface area contributed by atoms with Crippen LogP contribution in [0.25, 0.3) is 5.69 Å². The van der Waals surface area contributed by atoms with E-state index in [2.05, 4.69) is 49.5 Å². The number of pyridine rings is 1. The Balaban J connectivity index is 1.62. The van der Waals surface area contributed by atoms with E-state index in [0.29, 0.717) is 23.0 Å². The van der Waals surface area contributed by atoms with E-state index < -0.39 is 0 Å². The first-order valence-corrected chi connectivity index (χ1v) is 12.2. The van der Waals surface area contributed by atoms with Crippen LogP contribution in [0.2, 0.25) is 0 Å². The third-order valence-electron chi connectivity index (χ3n) is 6.27. The Labute approximate surface area is 215 Å². The highest BCUT2D eigenvalue weighted by atomic mass is 32.1. The highest BCUT2D eigenvalue weighted by Crippen LogP contribution is 2.43. The van der Waals surface area contributed by atoms with Crippen molar-refractivity contribution >= 4 is 34.6 Å². The number of nitrogens with zero attached hydrogens (tertiary/aromatic N) is 3. The molecular formula is C28H27N5O2S. The maximum Gasteiger partial charge on any atom is 0.224 e. The van der Waals surface area contributed by atoms with Crippen LogP contribution in [0.5, 0.6) is 5.75 Å². The number of amides is 1. The second-order valence-corrected chi connectivity index (χ2v) is 8.81. The highest BCUT2D eigenvalue weighted by molar-refractivity contribution is 7.80. The van der Waals surface area contributed by atoms with Crippen molar-refractivity contribution in [3.8, 4) is 11.4 Å². The number of ether oxygens (including phenoxy) is 1. The number of methoxy groups -OCH3 is 1. The SMILES string of the molecule is CCC(=O)Nc1ccc(N2C(=S)N[C@@H](c3ccccn3)[C@@H]2c2cccn2-c2ccccc2)cc1OC. The van der Waals surface area contributed by atoms with Crippen molar-refractivity contribution in [2.45, 2.75) is 25.4 Å². The van der Waals surface area contributed by atoms with Crippen molar-refractivity contribution in [2.75, 3.05) is 17.3 Å². The van der Waals surface area contributed by atoms with Gasteiger partial charge in [-0.3, -0.25) is 9.78 Å². The zero-order valence-corrected chi connectivity index (χ0v) is 20.9. The van der Waals surface area contributed by atoms with Gasteiger partial charge in [0.1, 0.15) is 11.8 Å². The summed E-state index contributed by atoms with van der Waals surface area (Å²) in [5, 5.41) is 6.99. The molecule has 2 N–H and O–H groups in total.